The van der Waals surface area contributed by atoms with Gasteiger partial charge in [-0.1, -0.05) is 24.3 Å². The summed E-state index contributed by atoms with van der Waals surface area (Å²) < 4.78 is 27.6. The van der Waals surface area contributed by atoms with Crippen LogP contribution in [-0.2, 0) is 14.8 Å². The van der Waals surface area contributed by atoms with E-state index < -0.39 is 14.9 Å². The van der Waals surface area contributed by atoms with Crippen molar-refractivity contribution in [2.75, 3.05) is 31.5 Å². The number of nitro groups is 1. The lowest BCUT2D eigenvalue weighted by Crippen LogP contribution is -2.44. The molecule has 0 spiro atoms. The Labute approximate surface area is 193 Å². The molecule has 2 aromatic carbocycles. The van der Waals surface area contributed by atoms with E-state index in [1.165, 1.54) is 16.4 Å². The van der Waals surface area contributed by atoms with Crippen molar-refractivity contribution in [3.63, 3.8) is 0 Å². The molecule has 4 rings (SSSR count). The summed E-state index contributed by atoms with van der Waals surface area (Å²) in [6, 6.07) is 14.0. The molecule has 2 saturated heterocycles. The molecule has 10 heteroatoms. The van der Waals surface area contributed by atoms with Crippen LogP contribution in [0.3, 0.4) is 0 Å². The summed E-state index contributed by atoms with van der Waals surface area (Å²) in [4.78, 5) is 25.4. The second kappa shape index (κ2) is 9.48. The summed E-state index contributed by atoms with van der Waals surface area (Å²) in [7, 11) is -3.87. The first-order valence-electron chi connectivity index (χ1n) is 11.1. The van der Waals surface area contributed by atoms with E-state index in [4.69, 9.17) is 0 Å². The summed E-state index contributed by atoms with van der Waals surface area (Å²) in [5, 5.41) is 14.5. The van der Waals surface area contributed by atoms with Crippen LogP contribution >= 0.6 is 0 Å². The zero-order valence-electron chi connectivity index (χ0n) is 18.5. The Bertz CT molecular complexity index is 1130. The van der Waals surface area contributed by atoms with Gasteiger partial charge in [-0.3, -0.25) is 14.9 Å². The third-order valence-corrected chi connectivity index (χ3v) is 8.49. The maximum absolute atomic E-state index is 13.1. The van der Waals surface area contributed by atoms with Gasteiger partial charge in [-0.05, 0) is 43.9 Å². The van der Waals surface area contributed by atoms with Crippen LogP contribution in [0.5, 0.6) is 0 Å². The predicted octanol–water partition coefficient (Wildman–Crippen LogP) is 3.02. The number of likely N-dealkylation sites (tertiary alicyclic amines) is 1. The van der Waals surface area contributed by atoms with Crippen LogP contribution in [-0.4, -0.2) is 60.7 Å². The summed E-state index contributed by atoms with van der Waals surface area (Å²) in [5.41, 5.74) is 1.25. The number of carbonyl (C=O) groups is 1. The normalized spacial score (nSPS) is 20.0. The Morgan fingerprint density at radius 2 is 1.76 bits per heavy atom. The second-order valence-corrected chi connectivity index (χ2v) is 10.6. The minimum atomic E-state index is -3.87. The molecule has 1 atom stereocenters. The number of rotatable bonds is 6. The van der Waals surface area contributed by atoms with E-state index in [1.807, 2.05) is 35.2 Å². The number of para-hydroxylation sites is 1. The van der Waals surface area contributed by atoms with Gasteiger partial charge in [-0.2, -0.15) is 4.31 Å². The zero-order valence-corrected chi connectivity index (χ0v) is 19.3. The second-order valence-electron chi connectivity index (χ2n) is 8.67. The highest BCUT2D eigenvalue weighted by atomic mass is 32.2. The van der Waals surface area contributed by atoms with Gasteiger partial charge in [0.2, 0.25) is 15.9 Å². The van der Waals surface area contributed by atoms with Gasteiger partial charge >= 0.3 is 0 Å². The molecule has 0 aromatic heterocycles. The molecule has 9 nitrogen and oxygen atoms in total. The van der Waals surface area contributed by atoms with Crippen molar-refractivity contribution in [3.05, 3.63) is 64.2 Å². The minimum absolute atomic E-state index is 0.0455. The fourth-order valence-electron chi connectivity index (χ4n) is 4.57. The van der Waals surface area contributed by atoms with Crippen LogP contribution in [0.4, 0.5) is 11.4 Å². The molecule has 176 valence electrons. The number of nitrogens with zero attached hydrogens (tertiary/aromatic N) is 3. The van der Waals surface area contributed by atoms with Gasteiger partial charge in [0.1, 0.15) is 0 Å². The zero-order chi connectivity index (χ0) is 23.6. The Hall–Kier alpha value is -2.98. The first-order valence-corrected chi connectivity index (χ1v) is 12.6. The van der Waals surface area contributed by atoms with Crippen molar-refractivity contribution >= 4 is 27.3 Å². The molecule has 0 bridgehead atoms. The molecular formula is C23H28N4O5S. The quantitative estimate of drug-likeness (QED) is 0.511. The molecule has 2 heterocycles. The molecule has 1 amide bonds. The highest BCUT2D eigenvalue weighted by molar-refractivity contribution is 7.89. The van der Waals surface area contributed by atoms with Crippen molar-refractivity contribution < 1.29 is 18.1 Å². The van der Waals surface area contributed by atoms with Crippen LogP contribution in [0.2, 0.25) is 0 Å². The van der Waals surface area contributed by atoms with Crippen molar-refractivity contribution in [1.82, 2.24) is 9.21 Å². The van der Waals surface area contributed by atoms with E-state index in [9.17, 15) is 23.3 Å². The lowest BCUT2D eigenvalue weighted by atomic mass is 9.96. The van der Waals surface area contributed by atoms with Crippen LogP contribution in [0.1, 0.15) is 24.8 Å². The number of nitrogens with one attached hydrogen (secondary N) is 1. The molecule has 0 saturated carbocycles. The van der Waals surface area contributed by atoms with Gasteiger partial charge in [0.05, 0.1) is 9.82 Å². The highest BCUT2D eigenvalue weighted by Gasteiger charge is 2.36. The summed E-state index contributed by atoms with van der Waals surface area (Å²) in [6.07, 6.45) is 1.76. The van der Waals surface area contributed by atoms with E-state index in [2.05, 4.69) is 5.32 Å². The SMILES string of the molecule is Cc1ccc([N+](=O)[O-])cc1S(=O)(=O)N1CCC(C(=O)N2CCC(Nc3ccccc3)C2)CC1. The van der Waals surface area contributed by atoms with E-state index in [0.717, 1.165) is 18.2 Å². The number of sulfonamides is 1. The van der Waals surface area contributed by atoms with Gasteiger partial charge < -0.3 is 10.2 Å². The number of anilines is 1. The molecule has 33 heavy (non-hydrogen) atoms. The van der Waals surface area contributed by atoms with Gasteiger partial charge in [0.15, 0.2) is 0 Å². The first kappa shape index (κ1) is 23.2. The molecule has 2 aromatic rings. The number of carbonyl (C=O) groups excluding carboxylic acids is 1. The van der Waals surface area contributed by atoms with Crippen molar-refractivity contribution in [1.29, 1.82) is 0 Å². The van der Waals surface area contributed by atoms with Gasteiger partial charge in [0, 0.05) is 56.0 Å². The maximum atomic E-state index is 13.1. The smallest absolute Gasteiger partial charge is 0.270 e. The molecule has 0 radical (unpaired) electrons. The Morgan fingerprint density at radius 3 is 2.42 bits per heavy atom. The topological polar surface area (TPSA) is 113 Å². The predicted molar refractivity (Wildman–Crippen MR) is 124 cm³/mol. The van der Waals surface area contributed by atoms with E-state index in [1.54, 1.807) is 6.92 Å². The van der Waals surface area contributed by atoms with E-state index >= 15 is 0 Å². The van der Waals surface area contributed by atoms with E-state index in [0.29, 0.717) is 31.5 Å². The van der Waals surface area contributed by atoms with Crippen molar-refractivity contribution in [3.8, 4) is 0 Å². The van der Waals surface area contributed by atoms with E-state index in [-0.39, 0.29) is 41.5 Å². The van der Waals surface area contributed by atoms with Crippen LogP contribution in [0, 0.1) is 23.0 Å². The molecule has 1 unspecified atom stereocenters. The molecule has 2 fully saturated rings. The number of piperidine rings is 1. The number of nitro benzene ring substituents is 1. The van der Waals surface area contributed by atoms with Crippen molar-refractivity contribution in [2.45, 2.75) is 37.1 Å². The molecule has 1 N–H and O–H groups in total. The summed E-state index contributed by atoms with van der Waals surface area (Å²) >= 11 is 0. The highest BCUT2D eigenvalue weighted by Crippen LogP contribution is 2.29. The third-order valence-electron chi connectivity index (χ3n) is 6.45. The van der Waals surface area contributed by atoms with Gasteiger partial charge in [0.25, 0.3) is 5.69 Å². The Morgan fingerprint density at radius 1 is 1.06 bits per heavy atom. The Kier molecular flexibility index (Phi) is 6.66. The fourth-order valence-corrected chi connectivity index (χ4v) is 6.28. The molecule has 2 aliphatic heterocycles. The number of non-ortho nitro benzene ring substituents is 1. The van der Waals surface area contributed by atoms with Gasteiger partial charge in [-0.15, -0.1) is 0 Å². The van der Waals surface area contributed by atoms with Crippen molar-refractivity contribution in [2.24, 2.45) is 5.92 Å². The monoisotopic (exact) mass is 472 g/mol. The summed E-state index contributed by atoms with van der Waals surface area (Å²) in [6.45, 7) is 3.40. The van der Waals surface area contributed by atoms with Crippen LogP contribution in [0.15, 0.2) is 53.4 Å². The Balaban J connectivity index is 1.35. The van der Waals surface area contributed by atoms with Crippen LogP contribution in [0.25, 0.3) is 0 Å². The number of hydrogen-bond donors (Lipinski definition) is 1. The largest absolute Gasteiger partial charge is 0.380 e. The average Bonchev–Trinajstić information content (AvgIpc) is 3.27. The first-order chi connectivity index (χ1) is 15.8. The molecule has 0 aliphatic carbocycles. The fraction of sp³-hybridized carbons (Fsp3) is 0.435. The number of amides is 1. The standard InChI is InChI=1S/C23H28N4O5S/c1-17-7-8-21(27(29)30)15-22(17)33(31,32)26-13-9-18(10-14-26)23(28)25-12-11-20(16-25)24-19-5-3-2-4-6-19/h2-8,15,18,20,24H,9-14,16H2,1H3. The molecular weight excluding hydrogens is 444 g/mol. The molecule has 2 aliphatic rings. The lowest BCUT2D eigenvalue weighted by molar-refractivity contribution is -0.385. The van der Waals surface area contributed by atoms with Gasteiger partial charge in [-0.25, -0.2) is 8.42 Å². The number of hydrogen-bond acceptors (Lipinski definition) is 6. The summed E-state index contributed by atoms with van der Waals surface area (Å²) in [5.74, 6) is -0.130. The lowest BCUT2D eigenvalue weighted by Gasteiger charge is -2.32. The number of aryl methyl sites for hydroxylation is 1. The maximum Gasteiger partial charge on any atom is 0.270 e. The average molecular weight is 473 g/mol. The van der Waals surface area contributed by atoms with Crippen LogP contribution < -0.4 is 5.32 Å². The third kappa shape index (κ3) is 5.01. The minimum Gasteiger partial charge on any atom is -0.380 e. The number of benzene rings is 2.